The van der Waals surface area contributed by atoms with E-state index in [2.05, 4.69) is 29.3 Å². The standard InChI is InChI=1S/C31H44N2O8/c1-20-4-9-25-21(2)28(38-29-31(25)24(20)12-13-30(3,39-29)40-41-31)37-27(35)11-10-26(34)32-18-22-5-7-23(8-6-22)19-33-14-16-36-17-15-33/h5-8,20-21,24-25,28-29H,4,9-19H2,1-3H3,(H,32,34)/t20-,21-,24+,25-,28-,29-,30+,31-/m1/s1. The van der Waals surface area contributed by atoms with Gasteiger partial charge in [0, 0.05) is 50.9 Å². The molecular weight excluding hydrogens is 528 g/mol. The van der Waals surface area contributed by atoms with Gasteiger partial charge in [-0.15, -0.1) is 0 Å². The highest BCUT2D eigenvalue weighted by atomic mass is 17.3. The fourth-order valence-corrected chi connectivity index (χ4v) is 7.48. The Morgan fingerprint density at radius 1 is 1.00 bits per heavy atom. The fourth-order valence-electron chi connectivity index (χ4n) is 7.48. The van der Waals surface area contributed by atoms with Crippen molar-refractivity contribution in [2.45, 2.75) is 96.4 Å². The summed E-state index contributed by atoms with van der Waals surface area (Å²) in [6.07, 6.45) is 2.27. The zero-order valence-electron chi connectivity index (χ0n) is 24.5. The molecule has 10 heteroatoms. The Bertz CT molecular complexity index is 1090. The number of morpholine rings is 1. The largest absolute Gasteiger partial charge is 0.435 e. The van der Waals surface area contributed by atoms with E-state index in [0.29, 0.717) is 12.5 Å². The van der Waals surface area contributed by atoms with Crippen molar-refractivity contribution in [2.24, 2.45) is 23.7 Å². The van der Waals surface area contributed by atoms with Gasteiger partial charge in [0.05, 0.1) is 19.6 Å². The minimum Gasteiger partial charge on any atom is -0.435 e. The third-order valence-corrected chi connectivity index (χ3v) is 9.92. The van der Waals surface area contributed by atoms with Crippen LogP contribution in [0.1, 0.15) is 70.4 Å². The molecule has 5 heterocycles. The molecule has 6 aliphatic rings. The predicted molar refractivity (Wildman–Crippen MR) is 147 cm³/mol. The molecule has 226 valence electrons. The third kappa shape index (κ3) is 5.92. The molecule has 0 aromatic heterocycles. The number of ether oxygens (including phenoxy) is 4. The Morgan fingerprint density at radius 3 is 2.54 bits per heavy atom. The maximum Gasteiger partial charge on any atom is 0.308 e. The lowest BCUT2D eigenvalue weighted by molar-refractivity contribution is -0.576. The predicted octanol–water partition coefficient (Wildman–Crippen LogP) is 3.67. The molecule has 0 unspecified atom stereocenters. The van der Waals surface area contributed by atoms with Crippen molar-refractivity contribution in [2.75, 3.05) is 26.3 Å². The molecule has 5 saturated heterocycles. The van der Waals surface area contributed by atoms with Crippen LogP contribution in [0.5, 0.6) is 0 Å². The molecule has 41 heavy (non-hydrogen) atoms. The lowest BCUT2D eigenvalue weighted by Crippen LogP contribution is -2.70. The summed E-state index contributed by atoms with van der Waals surface area (Å²) < 4.78 is 23.9. The maximum absolute atomic E-state index is 12.8. The van der Waals surface area contributed by atoms with Gasteiger partial charge in [-0.1, -0.05) is 38.1 Å². The second kappa shape index (κ2) is 11.9. The molecule has 7 rings (SSSR count). The number of benzene rings is 1. The Kier molecular flexibility index (Phi) is 8.42. The van der Waals surface area contributed by atoms with Crippen LogP contribution in [-0.4, -0.2) is 67.0 Å². The number of hydrogen-bond donors (Lipinski definition) is 1. The zero-order chi connectivity index (χ0) is 28.6. The average Bonchev–Trinajstić information content (AvgIpc) is 3.20. The van der Waals surface area contributed by atoms with Crippen LogP contribution in [0.2, 0.25) is 0 Å². The van der Waals surface area contributed by atoms with Crippen molar-refractivity contribution >= 4 is 11.9 Å². The van der Waals surface area contributed by atoms with E-state index in [9.17, 15) is 9.59 Å². The van der Waals surface area contributed by atoms with E-state index >= 15 is 0 Å². The minimum atomic E-state index is -0.881. The van der Waals surface area contributed by atoms with E-state index in [4.69, 9.17) is 28.7 Å². The van der Waals surface area contributed by atoms with Gasteiger partial charge in [-0.2, -0.15) is 0 Å². The van der Waals surface area contributed by atoms with Crippen molar-refractivity contribution in [3.63, 3.8) is 0 Å². The molecule has 10 nitrogen and oxygen atoms in total. The number of hydrogen-bond acceptors (Lipinski definition) is 9. The van der Waals surface area contributed by atoms with Crippen molar-refractivity contribution in [3.8, 4) is 0 Å². The molecular formula is C31H44N2O8. The van der Waals surface area contributed by atoms with Gasteiger partial charge in [0.1, 0.15) is 0 Å². The molecule has 6 fully saturated rings. The summed E-state index contributed by atoms with van der Waals surface area (Å²) >= 11 is 0. The number of carbonyl (C=O) groups is 2. The molecule has 1 aromatic carbocycles. The summed E-state index contributed by atoms with van der Waals surface area (Å²) in [6, 6.07) is 8.26. The molecule has 1 aromatic rings. The lowest BCUT2D eigenvalue weighted by Gasteiger charge is -2.59. The first-order chi connectivity index (χ1) is 19.8. The van der Waals surface area contributed by atoms with Crippen LogP contribution in [0.3, 0.4) is 0 Å². The summed E-state index contributed by atoms with van der Waals surface area (Å²) in [7, 11) is 0. The maximum atomic E-state index is 12.8. The van der Waals surface area contributed by atoms with Crippen LogP contribution in [0.15, 0.2) is 24.3 Å². The number of amides is 1. The summed E-state index contributed by atoms with van der Waals surface area (Å²) in [4.78, 5) is 39.7. The molecule has 8 atom stereocenters. The monoisotopic (exact) mass is 572 g/mol. The normalized spacial score (nSPS) is 38.5. The summed E-state index contributed by atoms with van der Waals surface area (Å²) in [5.41, 5.74) is 1.56. The highest BCUT2D eigenvalue weighted by Crippen LogP contribution is 2.60. The second-order valence-corrected chi connectivity index (χ2v) is 12.7. The SMILES string of the molecule is C[C@H]1[C@H](OC(=O)CCC(=O)NCc2ccc(CN3CCOCC3)cc2)O[C@@H]2O[C@]3(C)CC[C@H]4[C@H](C)CC[C@H]1[C@@]24OO3. The van der Waals surface area contributed by atoms with E-state index in [1.807, 2.05) is 26.0 Å². The van der Waals surface area contributed by atoms with Crippen LogP contribution in [0, 0.1) is 23.7 Å². The fraction of sp³-hybridized carbons (Fsp3) is 0.742. The molecule has 5 aliphatic heterocycles. The number of fused-ring (bicyclic) bond motifs is 2. The molecule has 1 N–H and O–H groups in total. The Hall–Kier alpha value is -2.08. The van der Waals surface area contributed by atoms with E-state index in [1.54, 1.807) is 0 Å². The third-order valence-electron chi connectivity index (χ3n) is 9.92. The summed E-state index contributed by atoms with van der Waals surface area (Å²) in [6.45, 7) is 11.0. The number of esters is 1. The van der Waals surface area contributed by atoms with Crippen LogP contribution in [-0.2, 0) is 51.4 Å². The number of nitrogens with zero attached hydrogens (tertiary/aromatic N) is 1. The number of nitrogens with one attached hydrogen (secondary N) is 1. The zero-order valence-corrected chi connectivity index (χ0v) is 24.5. The molecule has 2 bridgehead atoms. The molecule has 1 saturated carbocycles. The number of rotatable bonds is 8. The highest BCUT2D eigenvalue weighted by Gasteiger charge is 2.69. The van der Waals surface area contributed by atoms with Crippen molar-refractivity contribution < 1.29 is 38.3 Å². The van der Waals surface area contributed by atoms with Crippen LogP contribution in [0.25, 0.3) is 0 Å². The Morgan fingerprint density at radius 2 is 1.76 bits per heavy atom. The van der Waals surface area contributed by atoms with E-state index in [0.717, 1.165) is 64.1 Å². The van der Waals surface area contributed by atoms with Gasteiger partial charge in [-0.05, 0) is 49.1 Å². The van der Waals surface area contributed by atoms with Gasteiger partial charge >= 0.3 is 5.97 Å². The van der Waals surface area contributed by atoms with Gasteiger partial charge < -0.3 is 24.3 Å². The van der Waals surface area contributed by atoms with Crippen molar-refractivity contribution in [1.82, 2.24) is 10.2 Å². The lowest BCUT2D eigenvalue weighted by atomic mass is 9.58. The van der Waals surface area contributed by atoms with Crippen LogP contribution in [0.4, 0.5) is 0 Å². The Balaban J connectivity index is 0.981. The van der Waals surface area contributed by atoms with Crippen molar-refractivity contribution in [3.05, 3.63) is 35.4 Å². The van der Waals surface area contributed by atoms with Gasteiger partial charge in [0.25, 0.3) is 0 Å². The summed E-state index contributed by atoms with van der Waals surface area (Å²) in [5, 5.41) is 2.91. The van der Waals surface area contributed by atoms with Gasteiger partial charge in [0.15, 0.2) is 11.9 Å². The molecule has 1 spiro atoms. The molecule has 1 amide bonds. The Labute approximate surface area is 242 Å². The number of carbonyl (C=O) groups excluding carboxylic acids is 2. The van der Waals surface area contributed by atoms with E-state index in [1.165, 1.54) is 5.56 Å². The molecule has 1 aliphatic carbocycles. The topological polar surface area (TPSA) is 105 Å². The van der Waals surface area contributed by atoms with Gasteiger partial charge in [-0.25, -0.2) is 9.78 Å². The van der Waals surface area contributed by atoms with Gasteiger partial charge in [-0.3, -0.25) is 14.5 Å². The van der Waals surface area contributed by atoms with E-state index in [-0.39, 0.29) is 36.5 Å². The molecule has 0 radical (unpaired) electrons. The second-order valence-electron chi connectivity index (χ2n) is 12.7. The van der Waals surface area contributed by atoms with Crippen LogP contribution >= 0.6 is 0 Å². The van der Waals surface area contributed by atoms with Gasteiger partial charge in [0.2, 0.25) is 18.0 Å². The smallest absolute Gasteiger partial charge is 0.308 e. The minimum absolute atomic E-state index is 0.0186. The average molecular weight is 573 g/mol. The van der Waals surface area contributed by atoms with Crippen molar-refractivity contribution in [1.29, 1.82) is 0 Å². The first-order valence-electron chi connectivity index (χ1n) is 15.3. The van der Waals surface area contributed by atoms with Crippen LogP contribution < -0.4 is 5.32 Å². The first kappa shape index (κ1) is 29.0. The van der Waals surface area contributed by atoms with E-state index < -0.39 is 29.9 Å². The quantitative estimate of drug-likeness (QED) is 0.369. The highest BCUT2D eigenvalue weighted by molar-refractivity contribution is 5.81. The summed E-state index contributed by atoms with van der Waals surface area (Å²) in [5.74, 6) is -0.840. The first-order valence-corrected chi connectivity index (χ1v) is 15.3.